The van der Waals surface area contributed by atoms with Gasteiger partial charge in [-0.05, 0) is 73.9 Å². The zero-order chi connectivity index (χ0) is 32.6. The SMILES string of the molecule is CC[C@H](C)NC(=O)[C@H](Cc1ccccc1)N(Cc1cccc(Br)c1)C(=O)CN(c1cccc(Br)c1)S(=O)(=O)c1ccc(C)cc1. The van der Waals surface area contributed by atoms with Crippen LogP contribution in [0.1, 0.15) is 37.0 Å². The van der Waals surface area contributed by atoms with Crippen molar-refractivity contribution in [2.45, 2.75) is 57.1 Å². The van der Waals surface area contributed by atoms with Crippen molar-refractivity contribution in [3.05, 3.63) is 129 Å². The molecule has 0 aliphatic rings. The molecule has 0 heterocycles. The predicted molar refractivity (Wildman–Crippen MR) is 186 cm³/mol. The highest BCUT2D eigenvalue weighted by atomic mass is 79.9. The number of carbonyl (C=O) groups excluding carboxylic acids is 2. The van der Waals surface area contributed by atoms with Crippen LogP contribution in [0.2, 0.25) is 0 Å². The highest BCUT2D eigenvalue weighted by Gasteiger charge is 2.35. The van der Waals surface area contributed by atoms with Gasteiger partial charge in [0.15, 0.2) is 0 Å². The van der Waals surface area contributed by atoms with Crippen LogP contribution in [0, 0.1) is 6.92 Å². The highest BCUT2D eigenvalue weighted by molar-refractivity contribution is 9.10. The predicted octanol–water partition coefficient (Wildman–Crippen LogP) is 7.27. The van der Waals surface area contributed by atoms with E-state index in [1.54, 1.807) is 36.4 Å². The summed E-state index contributed by atoms with van der Waals surface area (Å²) >= 11 is 6.95. The molecule has 0 unspecified atom stereocenters. The Kier molecular flexibility index (Phi) is 12.0. The van der Waals surface area contributed by atoms with Gasteiger partial charge >= 0.3 is 0 Å². The van der Waals surface area contributed by atoms with E-state index in [2.05, 4.69) is 37.2 Å². The number of benzene rings is 4. The van der Waals surface area contributed by atoms with Crippen molar-refractivity contribution in [3.63, 3.8) is 0 Å². The first-order valence-corrected chi connectivity index (χ1v) is 17.7. The summed E-state index contributed by atoms with van der Waals surface area (Å²) in [5.41, 5.74) is 2.91. The lowest BCUT2D eigenvalue weighted by Gasteiger charge is -2.34. The molecule has 2 atom stereocenters. The molecule has 4 rings (SSSR count). The van der Waals surface area contributed by atoms with Gasteiger partial charge in [-0.25, -0.2) is 8.42 Å². The normalized spacial score (nSPS) is 12.6. The lowest BCUT2D eigenvalue weighted by molar-refractivity contribution is -0.140. The quantitative estimate of drug-likeness (QED) is 0.156. The zero-order valence-electron chi connectivity index (χ0n) is 25.5. The molecule has 0 bridgehead atoms. The first kappa shape index (κ1) is 34.4. The Bertz CT molecular complexity index is 1720. The fourth-order valence-corrected chi connectivity index (χ4v) is 7.06. The van der Waals surface area contributed by atoms with E-state index in [1.165, 1.54) is 17.0 Å². The van der Waals surface area contributed by atoms with Gasteiger partial charge in [-0.1, -0.05) is 105 Å². The third-order valence-corrected chi connectivity index (χ3v) is 10.3. The molecule has 236 valence electrons. The summed E-state index contributed by atoms with van der Waals surface area (Å²) < 4.78 is 30.9. The van der Waals surface area contributed by atoms with Crippen LogP contribution in [0.5, 0.6) is 0 Å². The maximum absolute atomic E-state index is 14.5. The Hall–Kier alpha value is -3.47. The van der Waals surface area contributed by atoms with Gasteiger partial charge in [0.05, 0.1) is 10.6 Å². The molecule has 0 aliphatic heterocycles. The molecule has 4 aromatic carbocycles. The van der Waals surface area contributed by atoms with Crippen LogP contribution in [-0.2, 0) is 32.6 Å². The molecule has 0 aromatic heterocycles. The van der Waals surface area contributed by atoms with Gasteiger partial charge in [0.2, 0.25) is 11.8 Å². The van der Waals surface area contributed by atoms with Crippen LogP contribution < -0.4 is 9.62 Å². The second kappa shape index (κ2) is 15.7. The maximum atomic E-state index is 14.5. The minimum Gasteiger partial charge on any atom is -0.352 e. The third kappa shape index (κ3) is 9.28. The van der Waals surface area contributed by atoms with E-state index in [4.69, 9.17) is 0 Å². The van der Waals surface area contributed by atoms with E-state index in [0.29, 0.717) is 10.2 Å². The Morgan fingerprint density at radius 2 is 1.44 bits per heavy atom. The first-order valence-electron chi connectivity index (χ1n) is 14.7. The Morgan fingerprint density at radius 3 is 2.07 bits per heavy atom. The molecular formula is C35H37Br2N3O4S. The van der Waals surface area contributed by atoms with E-state index in [0.717, 1.165) is 31.9 Å². The van der Waals surface area contributed by atoms with E-state index in [9.17, 15) is 18.0 Å². The molecule has 0 saturated carbocycles. The summed E-state index contributed by atoms with van der Waals surface area (Å²) in [5.74, 6) is -0.808. The third-order valence-electron chi connectivity index (χ3n) is 7.50. The summed E-state index contributed by atoms with van der Waals surface area (Å²) in [4.78, 5) is 30.0. The van der Waals surface area contributed by atoms with Gasteiger partial charge in [0.25, 0.3) is 10.0 Å². The Labute approximate surface area is 283 Å². The average Bonchev–Trinajstić information content (AvgIpc) is 3.02. The molecule has 2 amide bonds. The number of nitrogens with one attached hydrogen (secondary N) is 1. The topological polar surface area (TPSA) is 86.8 Å². The number of carbonyl (C=O) groups is 2. The largest absolute Gasteiger partial charge is 0.352 e. The number of aryl methyl sites for hydroxylation is 1. The van der Waals surface area contributed by atoms with Crippen molar-refractivity contribution >= 4 is 59.4 Å². The number of amides is 2. The first-order chi connectivity index (χ1) is 21.5. The number of rotatable bonds is 13. The van der Waals surface area contributed by atoms with Crippen LogP contribution in [0.15, 0.2) is 117 Å². The van der Waals surface area contributed by atoms with Gasteiger partial charge in [-0.15, -0.1) is 0 Å². The van der Waals surface area contributed by atoms with E-state index in [1.807, 2.05) is 75.4 Å². The van der Waals surface area contributed by atoms with E-state index in [-0.39, 0.29) is 29.8 Å². The monoisotopic (exact) mass is 753 g/mol. The number of sulfonamides is 1. The Balaban J connectivity index is 1.81. The van der Waals surface area contributed by atoms with Crippen molar-refractivity contribution in [3.8, 4) is 0 Å². The maximum Gasteiger partial charge on any atom is 0.264 e. The van der Waals surface area contributed by atoms with Gasteiger partial charge in [0, 0.05) is 28.0 Å². The van der Waals surface area contributed by atoms with Gasteiger partial charge in [-0.2, -0.15) is 0 Å². The molecule has 1 N–H and O–H groups in total. The second-order valence-electron chi connectivity index (χ2n) is 11.0. The molecule has 0 spiro atoms. The second-order valence-corrected chi connectivity index (χ2v) is 14.7. The molecule has 45 heavy (non-hydrogen) atoms. The number of hydrogen-bond donors (Lipinski definition) is 1. The van der Waals surface area contributed by atoms with E-state index < -0.39 is 28.5 Å². The van der Waals surface area contributed by atoms with Crippen molar-refractivity contribution < 1.29 is 18.0 Å². The number of anilines is 1. The summed E-state index contributed by atoms with van der Waals surface area (Å²) in [7, 11) is -4.17. The molecule has 7 nitrogen and oxygen atoms in total. The fourth-order valence-electron chi connectivity index (χ4n) is 4.82. The number of halogens is 2. The molecule has 0 radical (unpaired) electrons. The number of hydrogen-bond acceptors (Lipinski definition) is 4. The molecule has 0 aliphatic carbocycles. The van der Waals surface area contributed by atoms with Crippen LogP contribution >= 0.6 is 31.9 Å². The summed E-state index contributed by atoms with van der Waals surface area (Å²) in [5, 5.41) is 3.06. The molecule has 10 heteroatoms. The van der Waals surface area contributed by atoms with E-state index >= 15 is 0 Å². The van der Waals surface area contributed by atoms with Gasteiger partial charge in [-0.3, -0.25) is 13.9 Å². The standard InChI is InChI=1S/C35H37Br2N3O4S/c1-4-26(3)38-35(42)33(21-27-10-6-5-7-11-27)39(23-28-12-8-13-29(36)20-28)34(41)24-40(31-15-9-14-30(37)22-31)45(43,44)32-18-16-25(2)17-19-32/h5-20,22,26,33H,4,21,23-24H2,1-3H3,(H,38,42)/t26-,33-/m0/s1. The van der Waals surface area contributed by atoms with Crippen molar-refractivity contribution in [1.82, 2.24) is 10.2 Å². The van der Waals surface area contributed by atoms with Crippen LogP contribution in [0.25, 0.3) is 0 Å². The minimum atomic E-state index is -4.17. The van der Waals surface area contributed by atoms with Crippen LogP contribution in [-0.4, -0.2) is 43.8 Å². The molecule has 0 fully saturated rings. The van der Waals surface area contributed by atoms with Crippen molar-refractivity contribution in [2.24, 2.45) is 0 Å². The smallest absolute Gasteiger partial charge is 0.264 e. The fraction of sp³-hybridized carbons (Fsp3) is 0.257. The van der Waals surface area contributed by atoms with Crippen LogP contribution in [0.3, 0.4) is 0 Å². The van der Waals surface area contributed by atoms with Crippen LogP contribution in [0.4, 0.5) is 5.69 Å². The van der Waals surface area contributed by atoms with Crippen molar-refractivity contribution in [1.29, 1.82) is 0 Å². The zero-order valence-corrected chi connectivity index (χ0v) is 29.5. The van der Waals surface area contributed by atoms with Gasteiger partial charge < -0.3 is 10.2 Å². The lowest BCUT2D eigenvalue weighted by atomic mass is 10.0. The molecular weight excluding hydrogens is 718 g/mol. The lowest BCUT2D eigenvalue weighted by Crippen LogP contribution is -2.54. The average molecular weight is 756 g/mol. The van der Waals surface area contributed by atoms with Gasteiger partial charge in [0.1, 0.15) is 12.6 Å². The minimum absolute atomic E-state index is 0.0646. The summed E-state index contributed by atoms with van der Waals surface area (Å²) in [6, 6.07) is 29.4. The summed E-state index contributed by atoms with van der Waals surface area (Å²) in [6.07, 6.45) is 0.972. The molecule has 0 saturated heterocycles. The number of nitrogens with zero attached hydrogens (tertiary/aromatic N) is 2. The summed E-state index contributed by atoms with van der Waals surface area (Å²) in [6.45, 7) is 5.36. The molecule has 4 aromatic rings. The highest BCUT2D eigenvalue weighted by Crippen LogP contribution is 2.28. The van der Waals surface area contributed by atoms with Crippen molar-refractivity contribution in [2.75, 3.05) is 10.8 Å². The Morgan fingerprint density at radius 1 is 0.822 bits per heavy atom.